The lowest BCUT2D eigenvalue weighted by Crippen LogP contribution is -2.52. The average molecular weight is 451 g/mol. The summed E-state index contributed by atoms with van der Waals surface area (Å²) < 4.78 is 5.99. The standard InChI is InChI=1S/C28H38N2O3/c1-5-25(28(32)29-23-14-8-9-15-23)30(18-22-13-7-6-12-21(22)4)27(31)19-33-26-17-11-10-16-24(26)20(2)3/h6-7,10-13,16-17,20,23,25H,5,8-9,14-15,18-19H2,1-4H3,(H,29,32)/t25-/m0/s1. The third-order valence-corrected chi connectivity index (χ3v) is 6.58. The van der Waals surface area contributed by atoms with Crippen molar-refractivity contribution < 1.29 is 14.3 Å². The van der Waals surface area contributed by atoms with Crippen molar-refractivity contribution in [3.05, 3.63) is 65.2 Å². The number of rotatable bonds is 10. The molecule has 1 N–H and O–H groups in total. The largest absolute Gasteiger partial charge is 0.483 e. The first-order valence-corrected chi connectivity index (χ1v) is 12.3. The Balaban J connectivity index is 1.80. The molecule has 2 aromatic carbocycles. The predicted molar refractivity (Wildman–Crippen MR) is 132 cm³/mol. The molecule has 5 heteroatoms. The molecule has 3 rings (SSSR count). The molecule has 0 aliphatic heterocycles. The van der Waals surface area contributed by atoms with E-state index >= 15 is 0 Å². The summed E-state index contributed by atoms with van der Waals surface area (Å²) in [7, 11) is 0. The molecule has 178 valence electrons. The smallest absolute Gasteiger partial charge is 0.261 e. The first-order chi connectivity index (χ1) is 15.9. The number of carbonyl (C=O) groups is 2. The Morgan fingerprint density at radius 3 is 2.39 bits per heavy atom. The molecule has 2 aromatic rings. The number of ether oxygens (including phenoxy) is 1. The monoisotopic (exact) mass is 450 g/mol. The lowest BCUT2D eigenvalue weighted by Gasteiger charge is -2.32. The van der Waals surface area contributed by atoms with Crippen molar-refractivity contribution in [2.24, 2.45) is 0 Å². The van der Waals surface area contributed by atoms with Crippen LogP contribution in [0.3, 0.4) is 0 Å². The SMILES string of the molecule is CC[C@@H](C(=O)NC1CCCC1)N(Cc1ccccc1C)C(=O)COc1ccccc1C(C)C. The van der Waals surface area contributed by atoms with Gasteiger partial charge in [-0.3, -0.25) is 9.59 Å². The molecule has 0 saturated heterocycles. The van der Waals surface area contributed by atoms with E-state index in [9.17, 15) is 9.59 Å². The number of hydrogen-bond acceptors (Lipinski definition) is 3. The molecule has 0 aromatic heterocycles. The van der Waals surface area contributed by atoms with Gasteiger partial charge in [-0.15, -0.1) is 0 Å². The van der Waals surface area contributed by atoms with Crippen LogP contribution < -0.4 is 10.1 Å². The molecule has 1 saturated carbocycles. The predicted octanol–water partition coefficient (Wildman–Crippen LogP) is 5.36. The number of hydrogen-bond donors (Lipinski definition) is 1. The van der Waals surface area contributed by atoms with Crippen molar-refractivity contribution in [2.45, 2.75) is 84.3 Å². The summed E-state index contributed by atoms with van der Waals surface area (Å²) in [5, 5.41) is 3.19. The normalized spacial score (nSPS) is 14.8. The second-order valence-corrected chi connectivity index (χ2v) is 9.34. The van der Waals surface area contributed by atoms with Gasteiger partial charge in [-0.25, -0.2) is 0 Å². The third kappa shape index (κ3) is 6.59. The van der Waals surface area contributed by atoms with Gasteiger partial charge >= 0.3 is 0 Å². The van der Waals surface area contributed by atoms with Gasteiger partial charge in [0.05, 0.1) is 0 Å². The minimum absolute atomic E-state index is 0.0612. The maximum atomic E-state index is 13.5. The van der Waals surface area contributed by atoms with Crippen molar-refractivity contribution in [1.29, 1.82) is 0 Å². The third-order valence-electron chi connectivity index (χ3n) is 6.58. The van der Waals surface area contributed by atoms with Crippen molar-refractivity contribution in [3.8, 4) is 5.75 Å². The van der Waals surface area contributed by atoms with E-state index in [4.69, 9.17) is 4.74 Å². The summed E-state index contributed by atoms with van der Waals surface area (Å²) in [6.45, 7) is 8.50. The molecular weight excluding hydrogens is 412 g/mol. The number of aryl methyl sites for hydroxylation is 1. The minimum Gasteiger partial charge on any atom is -0.483 e. The van der Waals surface area contributed by atoms with E-state index in [2.05, 4.69) is 19.2 Å². The second kappa shape index (κ2) is 11.9. The molecule has 1 aliphatic rings. The fourth-order valence-corrected chi connectivity index (χ4v) is 4.57. The van der Waals surface area contributed by atoms with Gasteiger partial charge in [0.2, 0.25) is 5.91 Å². The molecule has 0 spiro atoms. The lowest BCUT2D eigenvalue weighted by molar-refractivity contribution is -0.143. The maximum absolute atomic E-state index is 13.5. The number of carbonyl (C=O) groups excluding carboxylic acids is 2. The van der Waals surface area contributed by atoms with Crippen LogP contribution in [0.2, 0.25) is 0 Å². The summed E-state index contributed by atoms with van der Waals surface area (Å²) in [6, 6.07) is 15.5. The van der Waals surface area contributed by atoms with Crippen molar-refractivity contribution in [3.63, 3.8) is 0 Å². The fraction of sp³-hybridized carbons (Fsp3) is 0.500. The molecule has 0 heterocycles. The first kappa shape index (κ1) is 24.8. The molecule has 1 aliphatic carbocycles. The molecule has 0 radical (unpaired) electrons. The van der Waals surface area contributed by atoms with Gasteiger partial charge in [-0.1, -0.05) is 76.1 Å². The zero-order valence-corrected chi connectivity index (χ0v) is 20.5. The molecule has 0 unspecified atom stereocenters. The summed E-state index contributed by atoms with van der Waals surface area (Å²) >= 11 is 0. The van der Waals surface area contributed by atoms with E-state index < -0.39 is 6.04 Å². The van der Waals surface area contributed by atoms with Gasteiger partial charge in [0, 0.05) is 12.6 Å². The Labute approximate surface area is 198 Å². The highest BCUT2D eigenvalue weighted by Gasteiger charge is 2.31. The summed E-state index contributed by atoms with van der Waals surface area (Å²) in [6.07, 6.45) is 4.89. The molecule has 1 fully saturated rings. The van der Waals surface area contributed by atoms with Gasteiger partial charge in [0.25, 0.3) is 5.91 Å². The van der Waals surface area contributed by atoms with Crippen LogP contribution in [0.1, 0.15) is 75.5 Å². The Morgan fingerprint density at radius 2 is 1.73 bits per heavy atom. The fourth-order valence-electron chi connectivity index (χ4n) is 4.57. The average Bonchev–Trinajstić information content (AvgIpc) is 3.31. The number of para-hydroxylation sites is 1. The van der Waals surface area contributed by atoms with Crippen LogP contribution in [0.4, 0.5) is 0 Å². The van der Waals surface area contributed by atoms with Crippen LogP contribution in [0.15, 0.2) is 48.5 Å². The van der Waals surface area contributed by atoms with Gasteiger partial charge in [0.15, 0.2) is 6.61 Å². The quantitative estimate of drug-likeness (QED) is 0.530. The van der Waals surface area contributed by atoms with E-state index in [1.54, 1.807) is 4.90 Å². The molecule has 0 bridgehead atoms. The van der Waals surface area contributed by atoms with E-state index in [0.29, 0.717) is 18.9 Å². The molecule has 33 heavy (non-hydrogen) atoms. The van der Waals surface area contributed by atoms with Crippen molar-refractivity contribution >= 4 is 11.8 Å². The molecule has 1 atom stereocenters. The Morgan fingerprint density at radius 1 is 1.06 bits per heavy atom. The first-order valence-electron chi connectivity index (χ1n) is 12.3. The summed E-state index contributed by atoms with van der Waals surface area (Å²) in [5.74, 6) is 0.777. The van der Waals surface area contributed by atoms with Crippen LogP contribution >= 0.6 is 0 Å². The zero-order chi connectivity index (χ0) is 23.8. The van der Waals surface area contributed by atoms with E-state index in [0.717, 1.165) is 48.1 Å². The van der Waals surface area contributed by atoms with E-state index in [1.165, 1.54) is 0 Å². The highest BCUT2D eigenvalue weighted by atomic mass is 16.5. The van der Waals surface area contributed by atoms with Crippen molar-refractivity contribution in [2.75, 3.05) is 6.61 Å². The number of amides is 2. The molecular formula is C28H38N2O3. The summed E-state index contributed by atoms with van der Waals surface area (Å²) in [4.78, 5) is 28.4. The summed E-state index contributed by atoms with van der Waals surface area (Å²) in [5.41, 5.74) is 3.22. The maximum Gasteiger partial charge on any atom is 0.261 e. The van der Waals surface area contributed by atoms with Crippen LogP contribution in [0.5, 0.6) is 5.75 Å². The second-order valence-electron chi connectivity index (χ2n) is 9.34. The van der Waals surface area contributed by atoms with Crippen LogP contribution in [-0.4, -0.2) is 35.4 Å². The van der Waals surface area contributed by atoms with E-state index in [-0.39, 0.29) is 24.5 Å². The molecule has 2 amide bonds. The number of benzene rings is 2. The number of nitrogens with zero attached hydrogens (tertiary/aromatic N) is 1. The van der Waals surface area contributed by atoms with Crippen LogP contribution in [0, 0.1) is 6.92 Å². The number of nitrogens with one attached hydrogen (secondary N) is 1. The zero-order valence-electron chi connectivity index (χ0n) is 20.5. The van der Waals surface area contributed by atoms with Crippen LogP contribution in [-0.2, 0) is 16.1 Å². The minimum atomic E-state index is -0.526. The van der Waals surface area contributed by atoms with Gasteiger partial charge < -0.3 is 15.0 Å². The van der Waals surface area contributed by atoms with Gasteiger partial charge in [0.1, 0.15) is 11.8 Å². The highest BCUT2D eigenvalue weighted by Crippen LogP contribution is 2.26. The lowest BCUT2D eigenvalue weighted by atomic mass is 10.0. The Hall–Kier alpha value is -2.82. The van der Waals surface area contributed by atoms with Gasteiger partial charge in [-0.05, 0) is 54.9 Å². The van der Waals surface area contributed by atoms with Crippen LogP contribution in [0.25, 0.3) is 0 Å². The highest BCUT2D eigenvalue weighted by molar-refractivity contribution is 5.88. The van der Waals surface area contributed by atoms with Crippen molar-refractivity contribution in [1.82, 2.24) is 10.2 Å². The Bertz CT molecular complexity index is 934. The van der Waals surface area contributed by atoms with Gasteiger partial charge in [-0.2, -0.15) is 0 Å². The van der Waals surface area contributed by atoms with E-state index in [1.807, 2.05) is 62.4 Å². The topological polar surface area (TPSA) is 58.6 Å². The molecule has 5 nitrogen and oxygen atoms in total. The Kier molecular flexibility index (Phi) is 8.93.